The minimum Gasteiger partial charge on any atom is -0.357 e. The lowest BCUT2D eigenvalue weighted by Crippen LogP contribution is -2.38. The number of nitrogens with one attached hydrogen (secondary N) is 2. The lowest BCUT2D eigenvalue weighted by molar-refractivity contribution is 0.0827. The molecule has 1 aromatic carbocycles. The van der Waals surface area contributed by atoms with Crippen LogP contribution in [0.2, 0.25) is 0 Å². The zero-order chi connectivity index (χ0) is 22.2. The minimum atomic E-state index is -0.0114. The number of carbonyl (C=O) groups excluding carboxylic acids is 1. The number of carbonyl (C=O) groups is 1. The second kappa shape index (κ2) is 12.6. The summed E-state index contributed by atoms with van der Waals surface area (Å²) in [5.41, 5.74) is 1.70. The number of benzene rings is 1. The normalized spacial score (nSPS) is 13.2. The Morgan fingerprint density at radius 3 is 2.59 bits per heavy atom. The zero-order valence-corrected chi connectivity index (χ0v) is 21.5. The van der Waals surface area contributed by atoms with E-state index in [1.165, 1.54) is 0 Å². The topological polar surface area (TPSA) is 96.6 Å². The van der Waals surface area contributed by atoms with Gasteiger partial charge in [-0.2, -0.15) is 5.10 Å². The van der Waals surface area contributed by atoms with E-state index in [0.29, 0.717) is 25.2 Å². The monoisotopic (exact) mass is 555 g/mol. The van der Waals surface area contributed by atoms with Crippen molar-refractivity contribution in [2.24, 2.45) is 4.99 Å². The number of aromatic nitrogens is 3. The predicted octanol–water partition coefficient (Wildman–Crippen LogP) is 1.85. The molecular formula is C22H34IN7O2. The van der Waals surface area contributed by atoms with Gasteiger partial charge >= 0.3 is 5.69 Å². The van der Waals surface area contributed by atoms with E-state index in [9.17, 15) is 9.59 Å². The average Bonchev–Trinajstić information content (AvgIpc) is 3.10. The van der Waals surface area contributed by atoms with Gasteiger partial charge in [-0.3, -0.25) is 9.36 Å². The molecule has 0 radical (unpaired) electrons. The molecular weight excluding hydrogens is 521 g/mol. The third-order valence-corrected chi connectivity index (χ3v) is 5.24. The van der Waals surface area contributed by atoms with Crippen LogP contribution in [0.15, 0.2) is 34.1 Å². The van der Waals surface area contributed by atoms with Gasteiger partial charge < -0.3 is 15.5 Å². The molecule has 0 fully saturated rings. The Balaban J connectivity index is 0.00000363. The molecule has 0 aliphatic carbocycles. The van der Waals surface area contributed by atoms with Crippen molar-refractivity contribution in [2.75, 3.05) is 27.2 Å². The van der Waals surface area contributed by atoms with E-state index in [1.54, 1.807) is 28.2 Å². The van der Waals surface area contributed by atoms with E-state index in [0.717, 1.165) is 56.1 Å². The summed E-state index contributed by atoms with van der Waals surface area (Å²) < 4.78 is 3.39. The van der Waals surface area contributed by atoms with Gasteiger partial charge in [-0.25, -0.2) is 14.5 Å². The predicted molar refractivity (Wildman–Crippen MR) is 137 cm³/mol. The Morgan fingerprint density at radius 2 is 1.94 bits per heavy atom. The molecule has 2 N–H and O–H groups in total. The van der Waals surface area contributed by atoms with Crippen molar-refractivity contribution in [3.05, 3.63) is 51.7 Å². The molecule has 1 amide bonds. The molecule has 0 saturated heterocycles. The number of rotatable bonds is 8. The molecule has 32 heavy (non-hydrogen) atoms. The first-order valence-electron chi connectivity index (χ1n) is 11.0. The molecule has 0 unspecified atom stereocenters. The molecule has 1 aliphatic heterocycles. The van der Waals surface area contributed by atoms with Crippen LogP contribution in [-0.4, -0.2) is 58.3 Å². The van der Waals surface area contributed by atoms with E-state index < -0.39 is 0 Å². The van der Waals surface area contributed by atoms with Crippen LogP contribution in [0.3, 0.4) is 0 Å². The smallest absolute Gasteiger partial charge is 0.345 e. The zero-order valence-electron chi connectivity index (χ0n) is 19.1. The first-order valence-corrected chi connectivity index (χ1v) is 11.0. The summed E-state index contributed by atoms with van der Waals surface area (Å²) in [7, 11) is 3.48. The van der Waals surface area contributed by atoms with Gasteiger partial charge in [0.2, 0.25) is 0 Å². The van der Waals surface area contributed by atoms with Crippen molar-refractivity contribution < 1.29 is 4.79 Å². The maximum Gasteiger partial charge on any atom is 0.345 e. The molecule has 2 aromatic rings. The molecule has 1 aromatic heterocycles. The van der Waals surface area contributed by atoms with Gasteiger partial charge in [0, 0.05) is 52.3 Å². The van der Waals surface area contributed by atoms with Crippen LogP contribution in [-0.2, 0) is 26.1 Å². The van der Waals surface area contributed by atoms with Crippen molar-refractivity contribution in [3.8, 4) is 0 Å². The Hall–Kier alpha value is -2.37. The Bertz CT molecular complexity index is 964. The van der Waals surface area contributed by atoms with Crippen LogP contribution in [0.4, 0.5) is 0 Å². The van der Waals surface area contributed by atoms with Gasteiger partial charge in [0.05, 0.1) is 6.54 Å². The summed E-state index contributed by atoms with van der Waals surface area (Å²) in [4.78, 5) is 30.6. The molecule has 9 nitrogen and oxygen atoms in total. The number of amides is 1. The number of guanidine groups is 1. The molecule has 0 bridgehead atoms. The molecule has 0 atom stereocenters. The van der Waals surface area contributed by atoms with Crippen LogP contribution in [0.1, 0.15) is 47.9 Å². The average molecular weight is 555 g/mol. The number of hydrogen-bond donors (Lipinski definition) is 2. The third-order valence-electron chi connectivity index (χ3n) is 5.24. The van der Waals surface area contributed by atoms with Crippen LogP contribution < -0.4 is 16.3 Å². The highest BCUT2D eigenvalue weighted by Gasteiger charge is 2.16. The van der Waals surface area contributed by atoms with Crippen molar-refractivity contribution >= 4 is 35.8 Å². The van der Waals surface area contributed by atoms with Crippen LogP contribution in [0, 0.1) is 0 Å². The fourth-order valence-electron chi connectivity index (χ4n) is 3.55. The van der Waals surface area contributed by atoms with Crippen molar-refractivity contribution in [2.45, 2.75) is 52.2 Å². The summed E-state index contributed by atoms with van der Waals surface area (Å²) in [6.45, 7) is 5.36. The Kier molecular flexibility index (Phi) is 10.2. The quantitative estimate of drug-likeness (QED) is 0.225. The SMILES string of the molecule is CCNC(=NCc1ccc(C(=O)N(C)C)cc1)NCCCn1nc2n(c1=O)CCCC2.I. The summed E-state index contributed by atoms with van der Waals surface area (Å²) in [5.74, 6) is 1.63. The highest BCUT2D eigenvalue weighted by Crippen LogP contribution is 2.09. The highest BCUT2D eigenvalue weighted by atomic mass is 127. The molecule has 10 heteroatoms. The van der Waals surface area contributed by atoms with E-state index in [2.05, 4.69) is 20.7 Å². The fourth-order valence-corrected chi connectivity index (χ4v) is 3.55. The van der Waals surface area contributed by atoms with Gasteiger partial charge in [-0.1, -0.05) is 12.1 Å². The lowest BCUT2D eigenvalue weighted by atomic mass is 10.1. The molecule has 3 rings (SSSR count). The third kappa shape index (κ3) is 6.81. The van der Waals surface area contributed by atoms with E-state index in [4.69, 9.17) is 0 Å². The van der Waals surface area contributed by atoms with Gasteiger partial charge in [0.15, 0.2) is 5.96 Å². The molecule has 2 heterocycles. The second-order valence-corrected chi connectivity index (χ2v) is 7.90. The summed E-state index contributed by atoms with van der Waals surface area (Å²) >= 11 is 0. The number of aliphatic imine (C=N–C) groups is 1. The summed E-state index contributed by atoms with van der Waals surface area (Å²) in [6, 6.07) is 7.51. The molecule has 1 aliphatic rings. The number of nitrogens with zero attached hydrogens (tertiary/aromatic N) is 5. The highest BCUT2D eigenvalue weighted by molar-refractivity contribution is 14.0. The minimum absolute atomic E-state index is 0. The first kappa shape index (κ1) is 25.9. The van der Waals surface area contributed by atoms with Crippen molar-refractivity contribution in [1.82, 2.24) is 29.9 Å². The van der Waals surface area contributed by atoms with E-state index in [1.807, 2.05) is 31.2 Å². The van der Waals surface area contributed by atoms with Crippen LogP contribution in [0.5, 0.6) is 0 Å². The standard InChI is InChI=1S/C22H33N7O2.HI/c1-4-23-21(25-16-17-9-11-18(12-10-17)20(30)27(2)3)24-13-7-15-29-22(31)28-14-6-5-8-19(28)26-29;/h9-12H,4-8,13-16H2,1-3H3,(H2,23,24,25);1H. The number of hydrogen-bond acceptors (Lipinski definition) is 4. The number of fused-ring (bicyclic) bond motifs is 1. The number of aryl methyl sites for hydroxylation is 2. The first-order chi connectivity index (χ1) is 15.0. The van der Waals surface area contributed by atoms with Crippen molar-refractivity contribution in [1.29, 1.82) is 0 Å². The van der Waals surface area contributed by atoms with Gasteiger partial charge in [0.1, 0.15) is 5.82 Å². The van der Waals surface area contributed by atoms with E-state index >= 15 is 0 Å². The Labute approximate surface area is 206 Å². The van der Waals surface area contributed by atoms with Crippen LogP contribution >= 0.6 is 24.0 Å². The number of halogens is 1. The largest absolute Gasteiger partial charge is 0.357 e. The fraction of sp³-hybridized carbons (Fsp3) is 0.545. The molecule has 0 spiro atoms. The van der Waals surface area contributed by atoms with Gasteiger partial charge in [0.25, 0.3) is 5.91 Å². The molecule has 0 saturated carbocycles. The summed E-state index contributed by atoms with van der Waals surface area (Å²) in [5, 5.41) is 11.0. The Morgan fingerprint density at radius 1 is 1.19 bits per heavy atom. The van der Waals surface area contributed by atoms with Crippen molar-refractivity contribution in [3.63, 3.8) is 0 Å². The second-order valence-electron chi connectivity index (χ2n) is 7.90. The van der Waals surface area contributed by atoms with Gasteiger partial charge in [-0.05, 0) is 43.9 Å². The van der Waals surface area contributed by atoms with Gasteiger partial charge in [-0.15, -0.1) is 24.0 Å². The lowest BCUT2D eigenvalue weighted by Gasteiger charge is -2.12. The van der Waals surface area contributed by atoms with Crippen LogP contribution in [0.25, 0.3) is 0 Å². The maximum atomic E-state index is 12.4. The maximum absolute atomic E-state index is 12.4. The van der Waals surface area contributed by atoms with E-state index in [-0.39, 0.29) is 35.6 Å². The molecule has 176 valence electrons. The summed E-state index contributed by atoms with van der Waals surface area (Å²) in [6.07, 6.45) is 3.83.